The van der Waals surface area contributed by atoms with Gasteiger partial charge in [0.15, 0.2) is 5.65 Å². The molecule has 1 saturated heterocycles. The van der Waals surface area contributed by atoms with Gasteiger partial charge in [-0.25, -0.2) is 0 Å². The summed E-state index contributed by atoms with van der Waals surface area (Å²) in [6, 6.07) is 0.399. The second kappa shape index (κ2) is 4.41. The van der Waals surface area contributed by atoms with Crippen molar-refractivity contribution in [3.05, 3.63) is 6.20 Å². The van der Waals surface area contributed by atoms with Crippen molar-refractivity contribution in [2.45, 2.75) is 18.9 Å². The number of nitrogens with two attached hydrogens (primary N) is 1. The number of anilines is 2. The number of hydrogen-bond acceptors (Lipinski definition) is 6. The summed E-state index contributed by atoms with van der Waals surface area (Å²) in [6.07, 6.45) is 4.07. The van der Waals surface area contributed by atoms with Gasteiger partial charge in [-0.2, -0.15) is 15.1 Å². The van der Waals surface area contributed by atoms with E-state index < -0.39 is 0 Å². The molecule has 7 nitrogen and oxygen atoms in total. The highest BCUT2D eigenvalue weighted by Gasteiger charge is 2.19. The third-order valence-corrected chi connectivity index (χ3v) is 3.29. The molecule has 2 aromatic heterocycles. The molecule has 4 N–H and O–H groups in total. The predicted molar refractivity (Wildman–Crippen MR) is 70.2 cm³/mol. The van der Waals surface area contributed by atoms with Crippen LogP contribution >= 0.6 is 0 Å². The molecule has 0 spiro atoms. The number of piperidine rings is 1. The van der Waals surface area contributed by atoms with E-state index in [0.717, 1.165) is 30.7 Å². The molecule has 0 aromatic carbocycles. The van der Waals surface area contributed by atoms with Gasteiger partial charge in [-0.05, 0) is 26.4 Å². The second-order valence-corrected chi connectivity index (χ2v) is 4.81. The van der Waals surface area contributed by atoms with E-state index in [9.17, 15) is 0 Å². The van der Waals surface area contributed by atoms with Crippen molar-refractivity contribution >= 4 is 22.8 Å². The topological polar surface area (TPSA) is 95.7 Å². The van der Waals surface area contributed by atoms with E-state index in [4.69, 9.17) is 5.73 Å². The summed E-state index contributed by atoms with van der Waals surface area (Å²) >= 11 is 0. The lowest BCUT2D eigenvalue weighted by Gasteiger charge is -2.30. The molecule has 3 rings (SSSR count). The highest BCUT2D eigenvalue weighted by molar-refractivity contribution is 5.86. The molecule has 0 saturated carbocycles. The molecule has 1 unspecified atom stereocenters. The Kier molecular flexibility index (Phi) is 2.75. The summed E-state index contributed by atoms with van der Waals surface area (Å²) in [5.74, 6) is 1.03. The van der Waals surface area contributed by atoms with Crippen molar-refractivity contribution in [3.8, 4) is 0 Å². The predicted octanol–water partition coefficient (Wildman–Crippen LogP) is 0.441. The van der Waals surface area contributed by atoms with E-state index in [2.05, 4.69) is 37.4 Å². The smallest absolute Gasteiger partial charge is 0.224 e. The number of H-pyrrole nitrogens is 1. The molecule has 3 heterocycles. The maximum atomic E-state index is 5.70. The van der Waals surface area contributed by atoms with Crippen LogP contribution < -0.4 is 11.1 Å². The fraction of sp³-hybridized carbons (Fsp3) is 0.545. The van der Waals surface area contributed by atoms with E-state index >= 15 is 0 Å². The van der Waals surface area contributed by atoms with Gasteiger partial charge in [-0.3, -0.25) is 5.10 Å². The van der Waals surface area contributed by atoms with Crippen LogP contribution in [-0.2, 0) is 0 Å². The highest BCUT2D eigenvalue weighted by atomic mass is 15.2. The van der Waals surface area contributed by atoms with Crippen LogP contribution in [0.2, 0.25) is 0 Å². The summed E-state index contributed by atoms with van der Waals surface area (Å²) in [6.45, 7) is 2.18. The van der Waals surface area contributed by atoms with Gasteiger partial charge in [-0.15, -0.1) is 0 Å². The molecule has 96 valence electrons. The molecule has 0 radical (unpaired) electrons. The lowest BCUT2D eigenvalue weighted by Crippen LogP contribution is -2.40. The number of nitrogen functional groups attached to an aromatic ring is 1. The molecule has 2 aromatic rings. The van der Waals surface area contributed by atoms with Crippen molar-refractivity contribution in [1.29, 1.82) is 0 Å². The van der Waals surface area contributed by atoms with E-state index in [1.165, 1.54) is 6.42 Å². The lowest BCUT2D eigenvalue weighted by atomic mass is 10.1. The summed E-state index contributed by atoms with van der Waals surface area (Å²) in [5.41, 5.74) is 6.37. The lowest BCUT2D eigenvalue weighted by molar-refractivity contribution is 0.261. The first kappa shape index (κ1) is 11.2. The SMILES string of the molecule is CN1CCCC(Nc2nc(N)nc3[nH]ncc23)C1. The van der Waals surface area contributed by atoms with Gasteiger partial charge in [0.2, 0.25) is 5.95 Å². The zero-order valence-electron chi connectivity index (χ0n) is 10.3. The fourth-order valence-electron chi connectivity index (χ4n) is 2.44. The van der Waals surface area contributed by atoms with E-state index in [-0.39, 0.29) is 5.95 Å². The number of rotatable bonds is 2. The average molecular weight is 247 g/mol. The van der Waals surface area contributed by atoms with Crippen LogP contribution in [0, 0.1) is 0 Å². The Morgan fingerprint density at radius 3 is 3.22 bits per heavy atom. The van der Waals surface area contributed by atoms with Crippen LogP contribution in [0.25, 0.3) is 11.0 Å². The van der Waals surface area contributed by atoms with Crippen molar-refractivity contribution in [3.63, 3.8) is 0 Å². The average Bonchev–Trinajstić information content (AvgIpc) is 2.77. The number of hydrogen-bond donors (Lipinski definition) is 3. The first-order valence-electron chi connectivity index (χ1n) is 6.14. The summed E-state index contributed by atoms with van der Waals surface area (Å²) in [7, 11) is 2.13. The Labute approximate surface area is 105 Å². The highest BCUT2D eigenvalue weighted by Crippen LogP contribution is 2.21. The van der Waals surface area contributed by atoms with Gasteiger partial charge >= 0.3 is 0 Å². The molecule has 0 aliphatic carbocycles. The first-order valence-corrected chi connectivity index (χ1v) is 6.14. The first-order chi connectivity index (χ1) is 8.72. The maximum Gasteiger partial charge on any atom is 0.224 e. The van der Waals surface area contributed by atoms with Gasteiger partial charge < -0.3 is 16.0 Å². The van der Waals surface area contributed by atoms with E-state index in [1.807, 2.05) is 0 Å². The van der Waals surface area contributed by atoms with E-state index in [1.54, 1.807) is 6.20 Å². The van der Waals surface area contributed by atoms with Crippen molar-refractivity contribution in [2.24, 2.45) is 0 Å². The van der Waals surface area contributed by atoms with Crippen LogP contribution in [0.4, 0.5) is 11.8 Å². The van der Waals surface area contributed by atoms with Gasteiger partial charge in [0.25, 0.3) is 0 Å². The Morgan fingerprint density at radius 2 is 2.39 bits per heavy atom. The summed E-state index contributed by atoms with van der Waals surface area (Å²) in [4.78, 5) is 10.7. The minimum absolute atomic E-state index is 0.262. The van der Waals surface area contributed by atoms with Gasteiger partial charge in [0, 0.05) is 12.6 Å². The van der Waals surface area contributed by atoms with Crippen molar-refractivity contribution < 1.29 is 0 Å². The largest absolute Gasteiger partial charge is 0.368 e. The number of aromatic amines is 1. The fourth-order valence-corrected chi connectivity index (χ4v) is 2.44. The van der Waals surface area contributed by atoms with Gasteiger partial charge in [0.1, 0.15) is 5.82 Å². The molecule has 1 atom stereocenters. The number of likely N-dealkylation sites (tertiary alicyclic amines) is 1. The zero-order chi connectivity index (χ0) is 12.5. The van der Waals surface area contributed by atoms with Crippen LogP contribution in [0.15, 0.2) is 6.20 Å². The minimum Gasteiger partial charge on any atom is -0.368 e. The monoisotopic (exact) mass is 247 g/mol. The Hall–Kier alpha value is -1.89. The Morgan fingerprint density at radius 1 is 1.50 bits per heavy atom. The Balaban J connectivity index is 1.87. The van der Waals surface area contributed by atoms with Crippen molar-refractivity contribution in [1.82, 2.24) is 25.1 Å². The molecule has 1 aliphatic rings. The Bertz CT molecular complexity index is 549. The number of nitrogens with one attached hydrogen (secondary N) is 2. The van der Waals surface area contributed by atoms with Crippen LogP contribution in [-0.4, -0.2) is 51.2 Å². The summed E-state index contributed by atoms with van der Waals surface area (Å²) < 4.78 is 0. The molecule has 1 aliphatic heterocycles. The molecule has 0 amide bonds. The zero-order valence-corrected chi connectivity index (χ0v) is 10.3. The number of nitrogens with zero attached hydrogens (tertiary/aromatic N) is 4. The van der Waals surface area contributed by atoms with Crippen molar-refractivity contribution in [2.75, 3.05) is 31.2 Å². The minimum atomic E-state index is 0.262. The van der Waals surface area contributed by atoms with E-state index in [0.29, 0.717) is 11.7 Å². The molecular weight excluding hydrogens is 230 g/mol. The second-order valence-electron chi connectivity index (χ2n) is 4.81. The maximum absolute atomic E-state index is 5.70. The van der Waals surface area contributed by atoms with Crippen LogP contribution in [0.3, 0.4) is 0 Å². The number of likely N-dealkylation sites (N-methyl/N-ethyl adjacent to an activating group) is 1. The molecule has 0 bridgehead atoms. The third-order valence-electron chi connectivity index (χ3n) is 3.29. The number of fused-ring (bicyclic) bond motifs is 1. The van der Waals surface area contributed by atoms with Gasteiger partial charge in [0.05, 0.1) is 11.6 Å². The molecular formula is C11H17N7. The molecule has 18 heavy (non-hydrogen) atoms. The molecule has 7 heteroatoms. The van der Waals surface area contributed by atoms with Gasteiger partial charge in [-0.1, -0.05) is 0 Å². The van der Waals surface area contributed by atoms with Crippen LogP contribution in [0.5, 0.6) is 0 Å². The number of aromatic nitrogens is 4. The molecule has 1 fully saturated rings. The standard InChI is InChI=1S/C11H17N7/c1-18-4-2-3-7(6-18)14-9-8-5-13-17-10(8)16-11(12)15-9/h5,7H,2-4,6H2,1H3,(H4,12,13,14,15,16,17). The third kappa shape index (κ3) is 2.08. The van der Waals surface area contributed by atoms with Crippen LogP contribution in [0.1, 0.15) is 12.8 Å². The quantitative estimate of drug-likeness (QED) is 0.712. The summed E-state index contributed by atoms with van der Waals surface area (Å²) in [5, 5.41) is 11.1. The normalized spacial score (nSPS) is 21.3.